The minimum atomic E-state index is -0.572. The number of rotatable bonds is 7. The lowest BCUT2D eigenvalue weighted by Gasteiger charge is -2.33. The van der Waals surface area contributed by atoms with Gasteiger partial charge in [-0.3, -0.25) is 9.59 Å². The Bertz CT molecular complexity index is 782. The fourth-order valence-electron chi connectivity index (χ4n) is 3.00. The first-order chi connectivity index (χ1) is 13.2. The standard InChI is InChI=1S/C23H29BrN2O2/c1-5-21(27)26(16-18-11-13-19(24)14-12-18)20(22(28)25-23(2,3)4)15-17-9-7-6-8-10-17/h6-14,20H,5,15-16H2,1-4H3,(H,25,28)/t20-/m1/s1. The van der Waals surface area contributed by atoms with Crippen LogP contribution >= 0.6 is 15.9 Å². The largest absolute Gasteiger partial charge is 0.350 e. The Morgan fingerprint density at radius 3 is 2.14 bits per heavy atom. The van der Waals surface area contributed by atoms with Gasteiger partial charge >= 0.3 is 0 Å². The van der Waals surface area contributed by atoms with Gasteiger partial charge in [0.15, 0.2) is 0 Å². The Morgan fingerprint density at radius 1 is 1.00 bits per heavy atom. The van der Waals surface area contributed by atoms with Crippen molar-refractivity contribution < 1.29 is 9.59 Å². The monoisotopic (exact) mass is 444 g/mol. The molecule has 0 saturated heterocycles. The van der Waals surface area contributed by atoms with Crippen molar-refractivity contribution in [3.63, 3.8) is 0 Å². The molecule has 5 heteroatoms. The molecule has 0 fully saturated rings. The van der Waals surface area contributed by atoms with E-state index in [9.17, 15) is 9.59 Å². The Morgan fingerprint density at radius 2 is 1.61 bits per heavy atom. The van der Waals surface area contributed by atoms with Crippen molar-refractivity contribution in [3.05, 3.63) is 70.2 Å². The molecule has 28 heavy (non-hydrogen) atoms. The highest BCUT2D eigenvalue weighted by molar-refractivity contribution is 9.10. The summed E-state index contributed by atoms with van der Waals surface area (Å²) in [5.74, 6) is -0.164. The van der Waals surface area contributed by atoms with Crippen molar-refractivity contribution >= 4 is 27.7 Å². The van der Waals surface area contributed by atoms with Crippen LogP contribution in [-0.2, 0) is 22.6 Å². The quantitative estimate of drug-likeness (QED) is 0.671. The summed E-state index contributed by atoms with van der Waals surface area (Å²) in [6.07, 6.45) is 0.829. The Balaban J connectivity index is 2.36. The molecule has 0 spiro atoms. The lowest BCUT2D eigenvalue weighted by atomic mass is 10.0. The summed E-state index contributed by atoms with van der Waals surface area (Å²) in [5, 5.41) is 3.05. The van der Waals surface area contributed by atoms with Crippen molar-refractivity contribution in [1.82, 2.24) is 10.2 Å². The Kier molecular flexibility index (Phi) is 7.81. The molecule has 0 bridgehead atoms. The van der Waals surface area contributed by atoms with Crippen LogP contribution in [0.5, 0.6) is 0 Å². The third-order valence-corrected chi connectivity index (χ3v) is 4.87. The van der Waals surface area contributed by atoms with Gasteiger partial charge in [0.2, 0.25) is 11.8 Å². The van der Waals surface area contributed by atoms with Crippen molar-refractivity contribution in [2.75, 3.05) is 0 Å². The molecular formula is C23H29BrN2O2. The van der Waals surface area contributed by atoms with Crippen molar-refractivity contribution in [2.45, 2.75) is 58.7 Å². The minimum Gasteiger partial charge on any atom is -0.350 e. The van der Waals surface area contributed by atoms with Crippen LogP contribution in [0.4, 0.5) is 0 Å². The van der Waals surface area contributed by atoms with Gasteiger partial charge in [0.05, 0.1) is 0 Å². The molecule has 2 aromatic carbocycles. The highest BCUT2D eigenvalue weighted by Crippen LogP contribution is 2.18. The van der Waals surface area contributed by atoms with Gasteiger partial charge in [-0.1, -0.05) is 65.3 Å². The summed E-state index contributed by atoms with van der Waals surface area (Å²) in [6.45, 7) is 8.08. The topological polar surface area (TPSA) is 49.4 Å². The number of carbonyl (C=O) groups excluding carboxylic acids is 2. The molecule has 150 valence electrons. The van der Waals surface area contributed by atoms with Crippen molar-refractivity contribution in [1.29, 1.82) is 0 Å². The lowest BCUT2D eigenvalue weighted by Crippen LogP contribution is -2.54. The second-order valence-electron chi connectivity index (χ2n) is 7.95. The molecule has 0 radical (unpaired) electrons. The van der Waals surface area contributed by atoms with E-state index in [4.69, 9.17) is 0 Å². The maximum absolute atomic E-state index is 13.2. The predicted octanol–water partition coefficient (Wildman–Crippen LogP) is 4.71. The van der Waals surface area contributed by atoms with E-state index >= 15 is 0 Å². The van der Waals surface area contributed by atoms with E-state index < -0.39 is 6.04 Å². The summed E-state index contributed by atoms with van der Waals surface area (Å²) in [6, 6.07) is 17.1. The number of benzene rings is 2. The zero-order valence-electron chi connectivity index (χ0n) is 17.0. The van der Waals surface area contributed by atoms with E-state index in [-0.39, 0.29) is 17.4 Å². The molecule has 2 rings (SSSR count). The fraction of sp³-hybridized carbons (Fsp3) is 0.391. The Labute approximate surface area is 176 Å². The first kappa shape index (κ1) is 22.2. The first-order valence-corrected chi connectivity index (χ1v) is 10.4. The van der Waals surface area contributed by atoms with E-state index in [2.05, 4.69) is 21.2 Å². The second-order valence-corrected chi connectivity index (χ2v) is 8.86. The molecule has 0 aromatic heterocycles. The van der Waals surface area contributed by atoms with Crippen LogP contribution < -0.4 is 5.32 Å². The summed E-state index contributed by atoms with van der Waals surface area (Å²) in [7, 11) is 0. The third-order valence-electron chi connectivity index (χ3n) is 4.34. The molecule has 0 saturated carbocycles. The van der Waals surface area contributed by atoms with Crippen LogP contribution in [0, 0.1) is 0 Å². The molecule has 1 atom stereocenters. The van der Waals surface area contributed by atoms with Gasteiger partial charge in [-0.05, 0) is 44.0 Å². The molecule has 2 amide bonds. The second kappa shape index (κ2) is 9.87. The zero-order valence-corrected chi connectivity index (χ0v) is 18.6. The van der Waals surface area contributed by atoms with E-state index in [1.807, 2.05) is 82.3 Å². The smallest absolute Gasteiger partial charge is 0.243 e. The minimum absolute atomic E-state index is 0.0343. The molecular weight excluding hydrogens is 416 g/mol. The number of hydrogen-bond acceptors (Lipinski definition) is 2. The highest BCUT2D eigenvalue weighted by atomic mass is 79.9. The summed E-state index contributed by atoms with van der Waals surface area (Å²) >= 11 is 3.44. The maximum Gasteiger partial charge on any atom is 0.243 e. The Hall–Kier alpha value is -2.14. The van der Waals surface area contributed by atoms with Crippen molar-refractivity contribution in [2.24, 2.45) is 0 Å². The van der Waals surface area contributed by atoms with Crippen molar-refractivity contribution in [3.8, 4) is 0 Å². The fourth-order valence-corrected chi connectivity index (χ4v) is 3.26. The molecule has 0 aliphatic heterocycles. The summed E-state index contributed by atoms with van der Waals surface area (Å²) in [5.41, 5.74) is 1.65. The predicted molar refractivity (Wildman–Crippen MR) is 117 cm³/mol. The van der Waals surface area contributed by atoms with E-state index in [0.717, 1.165) is 15.6 Å². The van der Waals surface area contributed by atoms with Gasteiger partial charge in [0, 0.05) is 29.4 Å². The molecule has 2 aromatic rings. The molecule has 0 aliphatic carbocycles. The average molecular weight is 445 g/mol. The van der Waals surface area contributed by atoms with Gasteiger partial charge < -0.3 is 10.2 Å². The van der Waals surface area contributed by atoms with Crippen LogP contribution in [0.1, 0.15) is 45.2 Å². The van der Waals surface area contributed by atoms with Gasteiger partial charge in [0.1, 0.15) is 6.04 Å². The number of carbonyl (C=O) groups is 2. The molecule has 0 unspecified atom stereocenters. The maximum atomic E-state index is 13.2. The highest BCUT2D eigenvalue weighted by Gasteiger charge is 2.31. The average Bonchev–Trinajstić information content (AvgIpc) is 2.65. The number of amides is 2. The van der Waals surface area contributed by atoms with Gasteiger partial charge in [-0.15, -0.1) is 0 Å². The third kappa shape index (κ3) is 6.79. The molecule has 4 nitrogen and oxygen atoms in total. The summed E-state index contributed by atoms with van der Waals surface area (Å²) in [4.78, 5) is 27.7. The molecule has 0 aliphatic rings. The molecule has 1 N–H and O–H groups in total. The van der Waals surface area contributed by atoms with Gasteiger partial charge in [-0.25, -0.2) is 0 Å². The van der Waals surface area contributed by atoms with Crippen LogP contribution in [0.3, 0.4) is 0 Å². The number of nitrogens with one attached hydrogen (secondary N) is 1. The number of halogens is 1. The van der Waals surface area contributed by atoms with E-state index in [1.165, 1.54) is 0 Å². The van der Waals surface area contributed by atoms with E-state index in [0.29, 0.717) is 19.4 Å². The lowest BCUT2D eigenvalue weighted by molar-refractivity contribution is -0.141. The van der Waals surface area contributed by atoms with Crippen LogP contribution in [0.25, 0.3) is 0 Å². The summed E-state index contributed by atoms with van der Waals surface area (Å²) < 4.78 is 0.982. The number of hydrogen-bond donors (Lipinski definition) is 1. The van der Waals surface area contributed by atoms with Crippen LogP contribution in [-0.4, -0.2) is 28.3 Å². The van der Waals surface area contributed by atoms with Crippen LogP contribution in [0.2, 0.25) is 0 Å². The normalized spacial score (nSPS) is 12.3. The van der Waals surface area contributed by atoms with E-state index in [1.54, 1.807) is 4.90 Å². The van der Waals surface area contributed by atoms with Gasteiger partial charge in [0.25, 0.3) is 0 Å². The molecule has 0 heterocycles. The SMILES string of the molecule is CCC(=O)N(Cc1ccc(Br)cc1)[C@H](Cc1ccccc1)C(=O)NC(C)(C)C. The zero-order chi connectivity index (χ0) is 20.7. The van der Waals surface area contributed by atoms with Crippen LogP contribution in [0.15, 0.2) is 59.1 Å². The van der Waals surface area contributed by atoms with Gasteiger partial charge in [-0.2, -0.15) is 0 Å². The first-order valence-electron chi connectivity index (χ1n) is 9.59. The number of nitrogens with zero attached hydrogens (tertiary/aromatic N) is 1.